The summed E-state index contributed by atoms with van der Waals surface area (Å²) in [5.74, 6) is 1.20. The first-order valence-electron chi connectivity index (χ1n) is 7.32. The molecule has 0 fully saturated rings. The van der Waals surface area contributed by atoms with Crippen LogP contribution >= 0.6 is 0 Å². The Balaban J connectivity index is 1.82. The second-order valence-corrected chi connectivity index (χ2v) is 5.20. The highest BCUT2D eigenvalue weighted by Crippen LogP contribution is 2.28. The van der Waals surface area contributed by atoms with Crippen molar-refractivity contribution in [3.63, 3.8) is 0 Å². The summed E-state index contributed by atoms with van der Waals surface area (Å²) in [6, 6.07) is 19.7. The van der Waals surface area contributed by atoms with Gasteiger partial charge in [0.25, 0.3) is 0 Å². The van der Waals surface area contributed by atoms with Gasteiger partial charge in [-0.2, -0.15) is 0 Å². The van der Waals surface area contributed by atoms with E-state index in [4.69, 9.17) is 4.74 Å². The normalized spacial score (nSPS) is 10.8. The minimum Gasteiger partial charge on any atom is -0.508 e. The fraction of sp³-hybridized carbons (Fsp3) is 0.158. The zero-order valence-electron chi connectivity index (χ0n) is 12.5. The van der Waals surface area contributed by atoms with Gasteiger partial charge in [0.15, 0.2) is 0 Å². The molecule has 3 aromatic rings. The molecule has 3 aromatic carbocycles. The molecule has 0 saturated carbocycles. The van der Waals surface area contributed by atoms with Gasteiger partial charge in [0.1, 0.15) is 11.5 Å². The topological polar surface area (TPSA) is 41.5 Å². The predicted octanol–water partition coefficient (Wildman–Crippen LogP) is 3.84. The van der Waals surface area contributed by atoms with Crippen LogP contribution in [0.2, 0.25) is 0 Å². The fourth-order valence-corrected chi connectivity index (χ4v) is 2.67. The number of ether oxygens (including phenoxy) is 1. The van der Waals surface area contributed by atoms with Crippen LogP contribution in [0.15, 0.2) is 60.7 Å². The van der Waals surface area contributed by atoms with E-state index in [9.17, 15) is 5.11 Å². The molecule has 22 heavy (non-hydrogen) atoms. The van der Waals surface area contributed by atoms with Gasteiger partial charge >= 0.3 is 0 Å². The van der Waals surface area contributed by atoms with Crippen molar-refractivity contribution in [3.8, 4) is 11.5 Å². The van der Waals surface area contributed by atoms with Gasteiger partial charge in [-0.05, 0) is 22.9 Å². The third kappa shape index (κ3) is 2.90. The van der Waals surface area contributed by atoms with Gasteiger partial charge in [-0.3, -0.25) is 0 Å². The summed E-state index contributed by atoms with van der Waals surface area (Å²) in [6.45, 7) is 1.29. The highest BCUT2D eigenvalue weighted by atomic mass is 16.5. The summed E-state index contributed by atoms with van der Waals surface area (Å²) in [6.07, 6.45) is 0. The van der Waals surface area contributed by atoms with Crippen molar-refractivity contribution < 1.29 is 9.84 Å². The van der Waals surface area contributed by atoms with E-state index < -0.39 is 0 Å². The van der Waals surface area contributed by atoms with Crippen molar-refractivity contribution in [2.24, 2.45) is 0 Å². The summed E-state index contributed by atoms with van der Waals surface area (Å²) in [5.41, 5.74) is 2.03. The lowest BCUT2D eigenvalue weighted by Gasteiger charge is -2.13. The lowest BCUT2D eigenvalue weighted by molar-refractivity contribution is 0.408. The van der Waals surface area contributed by atoms with Crippen molar-refractivity contribution in [2.75, 3.05) is 7.11 Å². The molecule has 0 spiro atoms. The molecule has 3 nitrogen and oxygen atoms in total. The van der Waals surface area contributed by atoms with E-state index in [1.165, 1.54) is 10.8 Å². The number of nitrogens with one attached hydrogen (secondary N) is 1. The first-order valence-corrected chi connectivity index (χ1v) is 7.32. The maximum absolute atomic E-state index is 9.82. The number of phenolic OH excluding ortho intramolecular Hbond substituents is 1. The minimum atomic E-state index is 0.319. The van der Waals surface area contributed by atoms with Crippen LogP contribution in [-0.2, 0) is 13.1 Å². The molecule has 2 N–H and O–H groups in total. The SMILES string of the molecule is COc1ccc2ccccc2c1CNCc1ccccc1O. The lowest BCUT2D eigenvalue weighted by Crippen LogP contribution is -2.13. The van der Waals surface area contributed by atoms with Gasteiger partial charge in [0.2, 0.25) is 0 Å². The van der Waals surface area contributed by atoms with Gasteiger partial charge in [-0.15, -0.1) is 0 Å². The average molecular weight is 293 g/mol. The molecule has 0 heterocycles. The molecule has 0 aromatic heterocycles. The summed E-state index contributed by atoms with van der Waals surface area (Å²) >= 11 is 0. The number of hydrogen-bond acceptors (Lipinski definition) is 3. The van der Waals surface area contributed by atoms with Crippen molar-refractivity contribution in [3.05, 3.63) is 71.8 Å². The van der Waals surface area contributed by atoms with E-state index >= 15 is 0 Å². The van der Waals surface area contributed by atoms with Gasteiger partial charge in [0, 0.05) is 24.2 Å². The number of para-hydroxylation sites is 1. The third-order valence-electron chi connectivity index (χ3n) is 3.83. The minimum absolute atomic E-state index is 0.319. The van der Waals surface area contributed by atoms with E-state index in [0.717, 1.165) is 16.9 Å². The molecule has 0 bridgehead atoms. The van der Waals surface area contributed by atoms with Crippen LogP contribution in [0.1, 0.15) is 11.1 Å². The van der Waals surface area contributed by atoms with Crippen LogP contribution in [0.4, 0.5) is 0 Å². The number of fused-ring (bicyclic) bond motifs is 1. The number of aromatic hydroxyl groups is 1. The molecule has 3 heteroatoms. The van der Waals surface area contributed by atoms with Crippen LogP contribution < -0.4 is 10.1 Å². The molecule has 3 rings (SSSR count). The van der Waals surface area contributed by atoms with Crippen LogP contribution in [0.5, 0.6) is 11.5 Å². The van der Waals surface area contributed by atoms with Crippen LogP contribution in [0.3, 0.4) is 0 Å². The van der Waals surface area contributed by atoms with Crippen molar-refractivity contribution in [2.45, 2.75) is 13.1 Å². The Morgan fingerprint density at radius 1 is 0.909 bits per heavy atom. The van der Waals surface area contributed by atoms with E-state index in [1.807, 2.05) is 36.4 Å². The maximum atomic E-state index is 9.82. The third-order valence-corrected chi connectivity index (χ3v) is 3.83. The molecule has 0 amide bonds. The Labute approximate surface area is 130 Å². The quantitative estimate of drug-likeness (QED) is 0.751. The Kier molecular flexibility index (Phi) is 4.26. The van der Waals surface area contributed by atoms with Crippen molar-refractivity contribution in [1.82, 2.24) is 5.32 Å². The highest BCUT2D eigenvalue weighted by Gasteiger charge is 2.08. The highest BCUT2D eigenvalue weighted by molar-refractivity contribution is 5.87. The second-order valence-electron chi connectivity index (χ2n) is 5.20. The second kappa shape index (κ2) is 6.50. The van der Waals surface area contributed by atoms with Gasteiger partial charge in [-0.1, -0.05) is 48.5 Å². The number of hydrogen-bond donors (Lipinski definition) is 2. The zero-order valence-corrected chi connectivity index (χ0v) is 12.5. The molecule has 0 aliphatic carbocycles. The summed E-state index contributed by atoms with van der Waals surface area (Å²) < 4.78 is 5.49. The van der Waals surface area contributed by atoms with Crippen molar-refractivity contribution >= 4 is 10.8 Å². The monoisotopic (exact) mass is 293 g/mol. The molecule has 0 aliphatic heterocycles. The first kappa shape index (κ1) is 14.4. The van der Waals surface area contributed by atoms with Gasteiger partial charge in [0.05, 0.1) is 7.11 Å². The number of benzene rings is 3. The molecular formula is C19H19NO2. The van der Waals surface area contributed by atoms with E-state index in [2.05, 4.69) is 23.5 Å². The average Bonchev–Trinajstić information content (AvgIpc) is 2.56. The zero-order chi connectivity index (χ0) is 15.4. The van der Waals surface area contributed by atoms with Crippen LogP contribution in [0.25, 0.3) is 10.8 Å². The van der Waals surface area contributed by atoms with E-state index in [0.29, 0.717) is 18.8 Å². The lowest BCUT2D eigenvalue weighted by atomic mass is 10.0. The summed E-state index contributed by atoms with van der Waals surface area (Å²) in [4.78, 5) is 0. The Morgan fingerprint density at radius 3 is 2.50 bits per heavy atom. The van der Waals surface area contributed by atoms with Gasteiger partial charge in [-0.25, -0.2) is 0 Å². The first-order chi connectivity index (χ1) is 10.8. The molecule has 0 atom stereocenters. The van der Waals surface area contributed by atoms with E-state index in [1.54, 1.807) is 13.2 Å². The van der Waals surface area contributed by atoms with Gasteiger partial charge < -0.3 is 15.2 Å². The Hall–Kier alpha value is -2.52. The predicted molar refractivity (Wildman–Crippen MR) is 89.2 cm³/mol. The molecule has 0 aliphatic rings. The molecule has 0 unspecified atom stereocenters. The Bertz CT molecular complexity index is 783. The molecule has 112 valence electrons. The summed E-state index contributed by atoms with van der Waals surface area (Å²) in [5, 5.41) is 15.6. The standard InChI is InChI=1S/C19H19NO2/c1-22-19-11-10-14-6-2-4-8-16(14)17(19)13-20-12-15-7-3-5-9-18(15)21/h2-11,20-21H,12-13H2,1H3. The number of rotatable bonds is 5. The summed E-state index contributed by atoms with van der Waals surface area (Å²) in [7, 11) is 1.69. The van der Waals surface area contributed by atoms with Crippen LogP contribution in [-0.4, -0.2) is 12.2 Å². The fourth-order valence-electron chi connectivity index (χ4n) is 2.67. The molecular weight excluding hydrogens is 274 g/mol. The Morgan fingerprint density at radius 2 is 1.68 bits per heavy atom. The van der Waals surface area contributed by atoms with Crippen LogP contribution in [0, 0.1) is 0 Å². The number of methoxy groups -OCH3 is 1. The van der Waals surface area contributed by atoms with E-state index in [-0.39, 0.29) is 0 Å². The number of phenols is 1. The maximum Gasteiger partial charge on any atom is 0.123 e. The van der Waals surface area contributed by atoms with Crippen molar-refractivity contribution in [1.29, 1.82) is 0 Å². The largest absolute Gasteiger partial charge is 0.508 e. The molecule has 0 saturated heterocycles. The molecule has 0 radical (unpaired) electrons. The smallest absolute Gasteiger partial charge is 0.123 e.